The van der Waals surface area contributed by atoms with E-state index in [1.165, 1.54) is 6.20 Å². The normalized spacial score (nSPS) is 10.3. The average Bonchev–Trinajstić information content (AvgIpc) is 2.43. The van der Waals surface area contributed by atoms with Gasteiger partial charge in [-0.15, -0.1) is 0 Å². The van der Waals surface area contributed by atoms with Gasteiger partial charge in [-0.1, -0.05) is 29.3 Å². The zero-order valence-corrected chi connectivity index (χ0v) is 11.9. The van der Waals surface area contributed by atoms with E-state index in [1.54, 1.807) is 30.5 Å². The number of carbonyl (C=O) groups is 1. The third kappa shape index (κ3) is 3.70. The highest BCUT2D eigenvalue weighted by molar-refractivity contribution is 6.42. The Morgan fingerprint density at radius 1 is 1.25 bits per heavy atom. The second-order valence-electron chi connectivity index (χ2n) is 4.16. The first-order valence-corrected chi connectivity index (χ1v) is 6.63. The van der Waals surface area contributed by atoms with Crippen LogP contribution in [0.4, 0.5) is 5.69 Å². The minimum Gasteiger partial charge on any atom is -0.392 e. The second-order valence-corrected chi connectivity index (χ2v) is 4.98. The summed E-state index contributed by atoms with van der Waals surface area (Å²) in [6.07, 6.45) is 3.22. The second kappa shape index (κ2) is 6.70. The van der Waals surface area contributed by atoms with Crippen LogP contribution in [0.2, 0.25) is 10.0 Å². The molecule has 2 rings (SSSR count). The fourth-order valence-corrected chi connectivity index (χ4v) is 2.02. The predicted octanol–water partition coefficient (Wildman–Crippen LogP) is 3.06. The van der Waals surface area contributed by atoms with Gasteiger partial charge in [-0.05, 0) is 23.8 Å². The van der Waals surface area contributed by atoms with Crippen LogP contribution in [0.1, 0.15) is 11.1 Å². The molecular formula is C14H12Cl2N2O2. The number of carbonyl (C=O) groups excluding carboxylic acids is 1. The zero-order chi connectivity index (χ0) is 14.5. The molecule has 0 aliphatic rings. The van der Waals surface area contributed by atoms with Gasteiger partial charge < -0.3 is 10.4 Å². The maximum absolute atomic E-state index is 11.9. The summed E-state index contributed by atoms with van der Waals surface area (Å²) in [6, 6.07) is 6.69. The SMILES string of the molecule is O=C(Cc1ccc(Cl)c(Cl)c1)Nc1cnccc1CO. The predicted molar refractivity (Wildman–Crippen MR) is 79.0 cm³/mol. The van der Waals surface area contributed by atoms with Gasteiger partial charge in [-0.2, -0.15) is 0 Å². The molecule has 0 spiro atoms. The Bertz CT molecular complexity index is 632. The summed E-state index contributed by atoms with van der Waals surface area (Å²) in [6.45, 7) is -0.162. The molecule has 0 unspecified atom stereocenters. The van der Waals surface area contributed by atoms with E-state index < -0.39 is 0 Å². The number of aliphatic hydroxyl groups excluding tert-OH is 1. The molecule has 1 aromatic heterocycles. The topological polar surface area (TPSA) is 62.2 Å². The molecule has 2 aromatic rings. The molecule has 4 nitrogen and oxygen atoms in total. The Kier molecular flexibility index (Phi) is 4.95. The first kappa shape index (κ1) is 14.8. The van der Waals surface area contributed by atoms with Crippen LogP contribution in [-0.4, -0.2) is 16.0 Å². The van der Waals surface area contributed by atoms with Crippen LogP contribution in [0.5, 0.6) is 0 Å². The van der Waals surface area contributed by atoms with Crippen LogP contribution in [0, 0.1) is 0 Å². The molecule has 1 amide bonds. The lowest BCUT2D eigenvalue weighted by molar-refractivity contribution is -0.115. The molecule has 0 aliphatic carbocycles. The van der Waals surface area contributed by atoms with E-state index in [0.29, 0.717) is 21.3 Å². The van der Waals surface area contributed by atoms with E-state index in [1.807, 2.05) is 0 Å². The van der Waals surface area contributed by atoms with Crippen LogP contribution in [0.25, 0.3) is 0 Å². The van der Waals surface area contributed by atoms with E-state index in [9.17, 15) is 9.90 Å². The van der Waals surface area contributed by atoms with Crippen LogP contribution < -0.4 is 5.32 Å². The lowest BCUT2D eigenvalue weighted by Gasteiger charge is -2.09. The fourth-order valence-electron chi connectivity index (χ4n) is 1.70. The molecule has 20 heavy (non-hydrogen) atoms. The summed E-state index contributed by atoms with van der Waals surface area (Å²) in [5.41, 5.74) is 1.87. The minimum atomic E-state index is -0.217. The van der Waals surface area contributed by atoms with E-state index in [-0.39, 0.29) is 18.9 Å². The van der Waals surface area contributed by atoms with Crippen molar-refractivity contribution in [1.82, 2.24) is 4.98 Å². The molecular weight excluding hydrogens is 299 g/mol. The number of hydrogen-bond acceptors (Lipinski definition) is 3. The third-order valence-corrected chi connectivity index (χ3v) is 3.44. The summed E-state index contributed by atoms with van der Waals surface area (Å²) >= 11 is 11.7. The van der Waals surface area contributed by atoms with E-state index in [4.69, 9.17) is 23.2 Å². The number of hydrogen-bond donors (Lipinski definition) is 2. The molecule has 0 atom stereocenters. The number of amides is 1. The molecule has 6 heteroatoms. The highest BCUT2D eigenvalue weighted by Gasteiger charge is 2.08. The third-order valence-electron chi connectivity index (χ3n) is 2.70. The number of anilines is 1. The first-order valence-electron chi connectivity index (χ1n) is 5.87. The van der Waals surface area contributed by atoms with Gasteiger partial charge in [0.2, 0.25) is 5.91 Å². The summed E-state index contributed by atoms with van der Waals surface area (Å²) in [5.74, 6) is -0.217. The maximum atomic E-state index is 11.9. The van der Waals surface area contributed by atoms with Crippen molar-refractivity contribution in [2.24, 2.45) is 0 Å². The van der Waals surface area contributed by atoms with Crippen LogP contribution in [-0.2, 0) is 17.8 Å². The number of aliphatic hydroxyl groups is 1. The van der Waals surface area contributed by atoms with Gasteiger partial charge >= 0.3 is 0 Å². The lowest BCUT2D eigenvalue weighted by Crippen LogP contribution is -2.15. The Morgan fingerprint density at radius 2 is 2.05 bits per heavy atom. The van der Waals surface area contributed by atoms with Crippen LogP contribution in [0.15, 0.2) is 36.7 Å². The molecule has 104 valence electrons. The largest absolute Gasteiger partial charge is 0.392 e. The monoisotopic (exact) mass is 310 g/mol. The number of nitrogens with zero attached hydrogens (tertiary/aromatic N) is 1. The fraction of sp³-hybridized carbons (Fsp3) is 0.143. The van der Waals surface area contributed by atoms with Crippen molar-refractivity contribution in [3.8, 4) is 0 Å². The first-order chi connectivity index (χ1) is 9.60. The number of nitrogens with one attached hydrogen (secondary N) is 1. The Labute approximate surface area is 126 Å². The highest BCUT2D eigenvalue weighted by Crippen LogP contribution is 2.23. The van der Waals surface area contributed by atoms with Gasteiger partial charge in [-0.3, -0.25) is 9.78 Å². The molecule has 0 bridgehead atoms. The summed E-state index contributed by atoms with van der Waals surface area (Å²) in [4.78, 5) is 15.9. The van der Waals surface area contributed by atoms with Crippen LogP contribution >= 0.6 is 23.2 Å². The Morgan fingerprint density at radius 3 is 2.75 bits per heavy atom. The van der Waals surface area contributed by atoms with E-state index in [2.05, 4.69) is 10.3 Å². The molecule has 0 saturated carbocycles. The van der Waals surface area contributed by atoms with Crippen molar-refractivity contribution in [2.75, 3.05) is 5.32 Å². The maximum Gasteiger partial charge on any atom is 0.228 e. The van der Waals surface area contributed by atoms with Crippen molar-refractivity contribution in [1.29, 1.82) is 0 Å². The minimum absolute atomic E-state index is 0.162. The Balaban J connectivity index is 2.07. The molecule has 0 saturated heterocycles. The average molecular weight is 311 g/mol. The number of rotatable bonds is 4. The number of aromatic nitrogens is 1. The van der Waals surface area contributed by atoms with Gasteiger partial charge in [-0.25, -0.2) is 0 Å². The van der Waals surface area contributed by atoms with E-state index >= 15 is 0 Å². The number of pyridine rings is 1. The van der Waals surface area contributed by atoms with Gasteiger partial charge in [0.25, 0.3) is 0 Å². The van der Waals surface area contributed by atoms with Gasteiger partial charge in [0.15, 0.2) is 0 Å². The summed E-state index contributed by atoms with van der Waals surface area (Å²) < 4.78 is 0. The van der Waals surface area contributed by atoms with Crippen LogP contribution in [0.3, 0.4) is 0 Å². The van der Waals surface area contributed by atoms with Gasteiger partial charge in [0.05, 0.1) is 35.0 Å². The van der Waals surface area contributed by atoms with Gasteiger partial charge in [0, 0.05) is 11.8 Å². The Hall–Kier alpha value is -1.62. The quantitative estimate of drug-likeness (QED) is 0.912. The molecule has 0 radical (unpaired) electrons. The van der Waals surface area contributed by atoms with Crippen molar-refractivity contribution in [3.63, 3.8) is 0 Å². The van der Waals surface area contributed by atoms with Gasteiger partial charge in [0.1, 0.15) is 0 Å². The highest BCUT2D eigenvalue weighted by atomic mass is 35.5. The van der Waals surface area contributed by atoms with Crippen molar-refractivity contribution in [3.05, 3.63) is 57.8 Å². The standard InChI is InChI=1S/C14H12Cl2N2O2/c15-11-2-1-9(5-12(11)16)6-14(20)18-13-7-17-4-3-10(13)8-19/h1-5,7,19H,6,8H2,(H,18,20). The number of benzene rings is 1. The molecule has 0 aliphatic heterocycles. The summed E-state index contributed by atoms with van der Waals surface area (Å²) in [5, 5.41) is 12.7. The summed E-state index contributed by atoms with van der Waals surface area (Å²) in [7, 11) is 0. The molecule has 1 heterocycles. The van der Waals surface area contributed by atoms with Crippen molar-refractivity contribution < 1.29 is 9.90 Å². The van der Waals surface area contributed by atoms with Crippen molar-refractivity contribution in [2.45, 2.75) is 13.0 Å². The van der Waals surface area contributed by atoms with Crippen molar-refractivity contribution >= 4 is 34.8 Å². The molecule has 0 fully saturated rings. The molecule has 1 aromatic carbocycles. The smallest absolute Gasteiger partial charge is 0.228 e. The van der Waals surface area contributed by atoms with E-state index in [0.717, 1.165) is 5.56 Å². The number of halogens is 2. The molecule has 2 N–H and O–H groups in total. The zero-order valence-electron chi connectivity index (χ0n) is 10.4. The lowest BCUT2D eigenvalue weighted by atomic mass is 10.1.